The zero-order chi connectivity index (χ0) is 15.8. The molecule has 0 aliphatic rings. The van der Waals surface area contributed by atoms with Crippen molar-refractivity contribution >= 4 is 11.7 Å². The number of hydrogen-bond acceptors (Lipinski definition) is 3. The van der Waals surface area contributed by atoms with Crippen molar-refractivity contribution in [1.29, 1.82) is 5.26 Å². The minimum atomic E-state index is -0.229. The summed E-state index contributed by atoms with van der Waals surface area (Å²) in [5, 5.41) is 14.3. The summed E-state index contributed by atoms with van der Waals surface area (Å²) < 4.78 is 0. The summed E-state index contributed by atoms with van der Waals surface area (Å²) >= 11 is 0. The van der Waals surface area contributed by atoms with Gasteiger partial charge in [-0.25, -0.2) is 4.79 Å². The number of hydrogen-bond donors (Lipinski definition) is 2. The predicted molar refractivity (Wildman–Crippen MR) is 85.2 cm³/mol. The lowest BCUT2D eigenvalue weighted by molar-refractivity contribution is 0.176. The molecule has 0 bridgehead atoms. The summed E-state index contributed by atoms with van der Waals surface area (Å²) in [4.78, 5) is 14.1. The first kappa shape index (κ1) is 17.0. The highest BCUT2D eigenvalue weighted by atomic mass is 16.2. The van der Waals surface area contributed by atoms with Crippen LogP contribution < -0.4 is 10.6 Å². The van der Waals surface area contributed by atoms with Crippen LogP contribution in [0, 0.1) is 11.3 Å². The lowest BCUT2D eigenvalue weighted by atomic mass is 10.2. The van der Waals surface area contributed by atoms with Crippen LogP contribution in [-0.4, -0.2) is 36.1 Å². The van der Waals surface area contributed by atoms with Gasteiger partial charge in [-0.15, -0.1) is 0 Å². The summed E-state index contributed by atoms with van der Waals surface area (Å²) in [6.45, 7) is 10.0. The van der Waals surface area contributed by atoms with Gasteiger partial charge < -0.3 is 10.6 Å². The number of amides is 2. The number of rotatable bonds is 6. The van der Waals surface area contributed by atoms with E-state index in [0.29, 0.717) is 29.9 Å². The van der Waals surface area contributed by atoms with Crippen LogP contribution >= 0.6 is 0 Å². The Kier molecular flexibility index (Phi) is 6.70. The number of benzene rings is 1. The van der Waals surface area contributed by atoms with Crippen LogP contribution in [0.4, 0.5) is 10.5 Å². The Labute approximate surface area is 126 Å². The monoisotopic (exact) mass is 288 g/mol. The van der Waals surface area contributed by atoms with E-state index in [0.717, 1.165) is 6.54 Å². The van der Waals surface area contributed by atoms with Gasteiger partial charge in [-0.05, 0) is 52.0 Å². The second-order valence-electron chi connectivity index (χ2n) is 5.50. The lowest BCUT2D eigenvalue weighted by Gasteiger charge is -2.30. The fourth-order valence-electron chi connectivity index (χ4n) is 2.21. The Morgan fingerprint density at radius 3 is 2.24 bits per heavy atom. The molecule has 0 spiro atoms. The first-order chi connectivity index (χ1) is 9.93. The van der Waals surface area contributed by atoms with Crippen molar-refractivity contribution in [1.82, 2.24) is 10.2 Å². The van der Waals surface area contributed by atoms with Crippen molar-refractivity contribution in [2.24, 2.45) is 0 Å². The summed E-state index contributed by atoms with van der Waals surface area (Å²) in [6.07, 6.45) is 0. The van der Waals surface area contributed by atoms with E-state index >= 15 is 0 Å². The maximum absolute atomic E-state index is 11.8. The Balaban J connectivity index is 2.38. The average Bonchev–Trinajstić information content (AvgIpc) is 2.43. The van der Waals surface area contributed by atoms with E-state index in [1.165, 1.54) is 0 Å². The topological polar surface area (TPSA) is 68.2 Å². The molecule has 0 heterocycles. The number of nitriles is 1. The van der Waals surface area contributed by atoms with Crippen LogP contribution in [0.1, 0.15) is 33.3 Å². The van der Waals surface area contributed by atoms with Crippen molar-refractivity contribution in [3.05, 3.63) is 29.8 Å². The van der Waals surface area contributed by atoms with E-state index in [-0.39, 0.29) is 6.03 Å². The molecule has 5 heteroatoms. The summed E-state index contributed by atoms with van der Waals surface area (Å²) in [7, 11) is 0. The summed E-state index contributed by atoms with van der Waals surface area (Å²) in [6, 6.07) is 9.50. The number of nitrogens with one attached hydrogen (secondary N) is 2. The lowest BCUT2D eigenvalue weighted by Crippen LogP contribution is -2.43. The van der Waals surface area contributed by atoms with Gasteiger partial charge in [0.1, 0.15) is 0 Å². The first-order valence-corrected chi connectivity index (χ1v) is 7.24. The molecule has 0 aliphatic carbocycles. The summed E-state index contributed by atoms with van der Waals surface area (Å²) in [5.41, 5.74) is 1.25. The third kappa shape index (κ3) is 5.84. The standard InChI is InChI=1S/C16H24N4O/c1-12(2)20(13(3)4)10-9-18-16(21)19-15-7-5-14(11-17)6-8-15/h5-8,12-13H,9-10H2,1-4H3,(H2,18,19,21). The molecule has 0 saturated heterocycles. The van der Waals surface area contributed by atoms with Crippen LogP contribution in [0.5, 0.6) is 0 Å². The molecule has 1 aromatic carbocycles. The third-order valence-corrected chi connectivity index (χ3v) is 3.25. The van der Waals surface area contributed by atoms with Crippen LogP contribution in [0.15, 0.2) is 24.3 Å². The van der Waals surface area contributed by atoms with Gasteiger partial charge in [0.05, 0.1) is 11.6 Å². The quantitative estimate of drug-likeness (QED) is 0.845. The smallest absolute Gasteiger partial charge is 0.319 e. The number of carbonyl (C=O) groups excluding carboxylic acids is 1. The van der Waals surface area contributed by atoms with Gasteiger partial charge >= 0.3 is 6.03 Å². The van der Waals surface area contributed by atoms with E-state index in [1.54, 1.807) is 24.3 Å². The molecule has 5 nitrogen and oxygen atoms in total. The minimum Gasteiger partial charge on any atom is -0.337 e. The Morgan fingerprint density at radius 2 is 1.76 bits per heavy atom. The van der Waals surface area contributed by atoms with E-state index in [1.807, 2.05) is 6.07 Å². The maximum atomic E-state index is 11.8. The van der Waals surface area contributed by atoms with Gasteiger partial charge in [0.2, 0.25) is 0 Å². The van der Waals surface area contributed by atoms with Gasteiger partial charge in [-0.3, -0.25) is 4.90 Å². The normalized spacial score (nSPS) is 10.8. The Hall–Kier alpha value is -2.06. The third-order valence-electron chi connectivity index (χ3n) is 3.25. The predicted octanol–water partition coefficient (Wildman–Crippen LogP) is 2.80. The number of anilines is 1. The molecular formula is C16H24N4O. The van der Waals surface area contributed by atoms with Gasteiger partial charge in [-0.2, -0.15) is 5.26 Å². The molecule has 0 atom stereocenters. The average molecular weight is 288 g/mol. The molecule has 114 valence electrons. The molecular weight excluding hydrogens is 264 g/mol. The number of nitrogens with zero attached hydrogens (tertiary/aromatic N) is 2. The fraction of sp³-hybridized carbons (Fsp3) is 0.500. The zero-order valence-corrected chi connectivity index (χ0v) is 13.2. The Morgan fingerprint density at radius 1 is 1.19 bits per heavy atom. The van der Waals surface area contributed by atoms with E-state index < -0.39 is 0 Å². The SMILES string of the molecule is CC(C)N(CCNC(=O)Nc1ccc(C#N)cc1)C(C)C. The van der Waals surface area contributed by atoms with Crippen molar-refractivity contribution in [3.8, 4) is 6.07 Å². The fourth-order valence-corrected chi connectivity index (χ4v) is 2.21. The highest BCUT2D eigenvalue weighted by Crippen LogP contribution is 2.08. The van der Waals surface area contributed by atoms with E-state index in [2.05, 4.69) is 43.2 Å². The number of urea groups is 1. The largest absolute Gasteiger partial charge is 0.337 e. The van der Waals surface area contributed by atoms with E-state index in [9.17, 15) is 4.79 Å². The highest BCUT2D eigenvalue weighted by molar-refractivity contribution is 5.89. The molecule has 21 heavy (non-hydrogen) atoms. The molecule has 0 saturated carbocycles. The van der Waals surface area contributed by atoms with Gasteiger partial charge in [-0.1, -0.05) is 0 Å². The Bertz CT molecular complexity index is 480. The minimum absolute atomic E-state index is 0.229. The second-order valence-corrected chi connectivity index (χ2v) is 5.50. The molecule has 2 N–H and O–H groups in total. The van der Waals surface area contributed by atoms with Crippen LogP contribution in [0.3, 0.4) is 0 Å². The molecule has 0 radical (unpaired) electrons. The van der Waals surface area contributed by atoms with Crippen LogP contribution in [-0.2, 0) is 0 Å². The van der Waals surface area contributed by atoms with E-state index in [4.69, 9.17) is 5.26 Å². The zero-order valence-electron chi connectivity index (χ0n) is 13.2. The van der Waals surface area contributed by atoms with Crippen molar-refractivity contribution in [2.45, 2.75) is 39.8 Å². The van der Waals surface area contributed by atoms with Crippen LogP contribution in [0.25, 0.3) is 0 Å². The van der Waals surface area contributed by atoms with Gasteiger partial charge in [0.25, 0.3) is 0 Å². The molecule has 1 aromatic rings. The van der Waals surface area contributed by atoms with Crippen molar-refractivity contribution in [3.63, 3.8) is 0 Å². The van der Waals surface area contributed by atoms with Crippen LogP contribution in [0.2, 0.25) is 0 Å². The maximum Gasteiger partial charge on any atom is 0.319 e. The molecule has 0 fully saturated rings. The van der Waals surface area contributed by atoms with Crippen molar-refractivity contribution in [2.75, 3.05) is 18.4 Å². The highest BCUT2D eigenvalue weighted by Gasteiger charge is 2.12. The molecule has 0 aromatic heterocycles. The number of carbonyl (C=O) groups is 1. The van der Waals surface area contributed by atoms with Gasteiger partial charge in [0.15, 0.2) is 0 Å². The van der Waals surface area contributed by atoms with Crippen molar-refractivity contribution < 1.29 is 4.79 Å². The van der Waals surface area contributed by atoms with Gasteiger partial charge in [0, 0.05) is 30.9 Å². The first-order valence-electron chi connectivity index (χ1n) is 7.24. The summed E-state index contributed by atoms with van der Waals surface area (Å²) in [5.74, 6) is 0. The second kappa shape index (κ2) is 8.28. The molecule has 0 unspecified atom stereocenters. The molecule has 2 amide bonds. The molecule has 0 aliphatic heterocycles. The molecule has 1 rings (SSSR count).